The number of aromatic amines is 1. The Labute approximate surface area is 128 Å². The number of carbonyl (C=O) groups excluding carboxylic acids is 1. The number of anilines is 1. The summed E-state index contributed by atoms with van der Waals surface area (Å²) in [5.74, 6) is 0.659. The third kappa shape index (κ3) is 2.86. The Morgan fingerprint density at radius 2 is 2.05 bits per heavy atom. The van der Waals surface area contributed by atoms with Crippen LogP contribution in [0.1, 0.15) is 12.8 Å². The number of rotatable bonds is 4. The van der Waals surface area contributed by atoms with Crippen LogP contribution in [0.5, 0.6) is 0 Å². The smallest absolute Gasteiger partial charge is 0.232 e. The lowest BCUT2D eigenvalue weighted by Gasteiger charge is -2.34. The fourth-order valence-corrected chi connectivity index (χ4v) is 2.61. The third-order valence-electron chi connectivity index (χ3n) is 4.15. The Hall–Kier alpha value is -2.25. The third-order valence-corrected chi connectivity index (χ3v) is 4.15. The van der Waals surface area contributed by atoms with Crippen LogP contribution in [0.25, 0.3) is 11.4 Å². The van der Waals surface area contributed by atoms with Gasteiger partial charge in [0.1, 0.15) is 6.33 Å². The maximum Gasteiger partial charge on any atom is 0.232 e. The maximum atomic E-state index is 12.6. The molecule has 0 bridgehead atoms. The van der Waals surface area contributed by atoms with Crippen LogP contribution in [0.3, 0.4) is 0 Å². The number of hydrogen-bond acceptors (Lipinski definition) is 5. The van der Waals surface area contributed by atoms with E-state index < -0.39 is 5.41 Å². The number of nitrogens with zero attached hydrogens (tertiary/aromatic N) is 2. The Bertz CT molecular complexity index is 618. The minimum Gasteiger partial charge on any atom is -0.381 e. The van der Waals surface area contributed by atoms with Crippen LogP contribution < -0.4 is 11.1 Å². The van der Waals surface area contributed by atoms with Crippen molar-refractivity contribution >= 4 is 11.6 Å². The average Bonchev–Trinajstić information content (AvgIpc) is 3.10. The molecule has 2 aromatic rings. The van der Waals surface area contributed by atoms with Gasteiger partial charge in [0.2, 0.25) is 5.91 Å². The van der Waals surface area contributed by atoms with Gasteiger partial charge < -0.3 is 15.8 Å². The molecule has 0 saturated carbocycles. The van der Waals surface area contributed by atoms with Crippen LogP contribution in [-0.4, -0.2) is 40.8 Å². The maximum absolute atomic E-state index is 12.6. The Morgan fingerprint density at radius 1 is 1.32 bits per heavy atom. The van der Waals surface area contributed by atoms with Crippen molar-refractivity contribution in [1.82, 2.24) is 15.2 Å². The monoisotopic (exact) mass is 301 g/mol. The van der Waals surface area contributed by atoms with E-state index in [1.807, 2.05) is 24.3 Å². The molecule has 7 heteroatoms. The van der Waals surface area contributed by atoms with Crippen molar-refractivity contribution in [1.29, 1.82) is 0 Å². The molecule has 0 aliphatic carbocycles. The van der Waals surface area contributed by atoms with Crippen molar-refractivity contribution in [3.8, 4) is 11.4 Å². The van der Waals surface area contributed by atoms with Gasteiger partial charge in [-0.25, -0.2) is 4.98 Å². The molecule has 1 aliphatic rings. The zero-order chi connectivity index (χ0) is 15.4. The van der Waals surface area contributed by atoms with Gasteiger partial charge in [-0.05, 0) is 37.1 Å². The minimum atomic E-state index is -0.526. The lowest BCUT2D eigenvalue weighted by molar-refractivity contribution is -0.130. The van der Waals surface area contributed by atoms with Crippen molar-refractivity contribution in [3.05, 3.63) is 30.6 Å². The highest BCUT2D eigenvalue weighted by Gasteiger charge is 2.38. The topological polar surface area (TPSA) is 106 Å². The second-order valence-corrected chi connectivity index (χ2v) is 5.46. The average molecular weight is 301 g/mol. The molecule has 4 N–H and O–H groups in total. The van der Waals surface area contributed by atoms with Crippen LogP contribution in [0.4, 0.5) is 5.69 Å². The molecule has 2 heterocycles. The van der Waals surface area contributed by atoms with Crippen molar-refractivity contribution < 1.29 is 9.53 Å². The Morgan fingerprint density at radius 3 is 2.64 bits per heavy atom. The molecule has 116 valence electrons. The predicted molar refractivity (Wildman–Crippen MR) is 82.0 cm³/mol. The number of aromatic nitrogens is 3. The summed E-state index contributed by atoms with van der Waals surface area (Å²) in [7, 11) is 0. The fourth-order valence-electron chi connectivity index (χ4n) is 2.61. The summed E-state index contributed by atoms with van der Waals surface area (Å²) in [5.41, 5.74) is 6.97. The first-order valence-corrected chi connectivity index (χ1v) is 7.29. The van der Waals surface area contributed by atoms with Crippen LogP contribution in [0, 0.1) is 5.41 Å². The molecule has 0 atom stereocenters. The summed E-state index contributed by atoms with van der Waals surface area (Å²) in [6, 6.07) is 7.46. The van der Waals surface area contributed by atoms with Gasteiger partial charge in [0.15, 0.2) is 5.82 Å². The Balaban J connectivity index is 1.71. The largest absolute Gasteiger partial charge is 0.381 e. The molecule has 1 amide bonds. The zero-order valence-corrected chi connectivity index (χ0v) is 12.2. The number of carbonyl (C=O) groups is 1. The van der Waals surface area contributed by atoms with E-state index in [-0.39, 0.29) is 5.91 Å². The molecular formula is C15H19N5O2. The standard InChI is InChI=1S/C15H19N5O2/c16-9-15(5-7-22-8-6-15)14(21)19-12-3-1-11(2-4-12)13-17-10-18-20-13/h1-4,10H,5-9,16H2,(H,19,21)(H,17,18,20). The van der Waals surface area contributed by atoms with Gasteiger partial charge in [-0.3, -0.25) is 9.89 Å². The second kappa shape index (κ2) is 6.25. The van der Waals surface area contributed by atoms with Gasteiger partial charge in [-0.15, -0.1) is 0 Å². The first-order chi connectivity index (χ1) is 10.7. The number of nitrogens with one attached hydrogen (secondary N) is 2. The molecule has 1 fully saturated rings. The predicted octanol–water partition coefficient (Wildman–Crippen LogP) is 1.17. The van der Waals surface area contributed by atoms with Crippen molar-refractivity contribution in [2.24, 2.45) is 11.1 Å². The Kier molecular flexibility index (Phi) is 4.17. The number of hydrogen-bond donors (Lipinski definition) is 3. The van der Waals surface area contributed by atoms with E-state index in [4.69, 9.17) is 10.5 Å². The molecule has 0 spiro atoms. The molecule has 1 aromatic carbocycles. The molecule has 22 heavy (non-hydrogen) atoms. The molecule has 3 rings (SSSR count). The quantitative estimate of drug-likeness (QED) is 0.786. The van der Waals surface area contributed by atoms with Gasteiger partial charge in [0.25, 0.3) is 0 Å². The summed E-state index contributed by atoms with van der Waals surface area (Å²) in [6.45, 7) is 1.49. The first kappa shape index (κ1) is 14.7. The van der Waals surface area contributed by atoms with Crippen LogP contribution >= 0.6 is 0 Å². The van der Waals surface area contributed by atoms with Gasteiger partial charge >= 0.3 is 0 Å². The normalized spacial score (nSPS) is 17.1. The summed E-state index contributed by atoms with van der Waals surface area (Å²) in [6.07, 6.45) is 2.78. The lowest BCUT2D eigenvalue weighted by Crippen LogP contribution is -2.46. The number of amides is 1. The second-order valence-electron chi connectivity index (χ2n) is 5.46. The van der Waals surface area contributed by atoms with Crippen molar-refractivity contribution in [2.45, 2.75) is 12.8 Å². The van der Waals surface area contributed by atoms with Crippen LogP contribution in [-0.2, 0) is 9.53 Å². The molecular weight excluding hydrogens is 282 g/mol. The molecule has 0 radical (unpaired) electrons. The molecule has 1 aliphatic heterocycles. The summed E-state index contributed by atoms with van der Waals surface area (Å²) in [4.78, 5) is 16.6. The van der Waals surface area contributed by atoms with Crippen LogP contribution in [0.15, 0.2) is 30.6 Å². The highest BCUT2D eigenvalue weighted by atomic mass is 16.5. The molecule has 1 aromatic heterocycles. The zero-order valence-electron chi connectivity index (χ0n) is 12.2. The highest BCUT2D eigenvalue weighted by Crippen LogP contribution is 2.31. The molecule has 7 nitrogen and oxygen atoms in total. The summed E-state index contributed by atoms with van der Waals surface area (Å²) < 4.78 is 5.33. The van der Waals surface area contributed by atoms with Gasteiger partial charge in [-0.1, -0.05) is 0 Å². The lowest BCUT2D eigenvalue weighted by atomic mass is 9.79. The highest BCUT2D eigenvalue weighted by molar-refractivity contribution is 5.95. The van der Waals surface area contributed by atoms with Gasteiger partial charge in [-0.2, -0.15) is 5.10 Å². The van der Waals surface area contributed by atoms with E-state index in [1.165, 1.54) is 6.33 Å². The first-order valence-electron chi connectivity index (χ1n) is 7.29. The van der Waals surface area contributed by atoms with E-state index in [1.54, 1.807) is 0 Å². The summed E-state index contributed by atoms with van der Waals surface area (Å²) >= 11 is 0. The SMILES string of the molecule is NCC1(C(=O)Nc2ccc(-c3ncn[nH]3)cc2)CCOCC1. The van der Waals surface area contributed by atoms with Crippen molar-refractivity contribution in [3.63, 3.8) is 0 Å². The van der Waals surface area contributed by atoms with E-state index in [0.29, 0.717) is 38.4 Å². The minimum absolute atomic E-state index is 0.0364. The van der Waals surface area contributed by atoms with E-state index in [9.17, 15) is 4.79 Å². The summed E-state index contributed by atoms with van der Waals surface area (Å²) in [5, 5.41) is 9.58. The molecule has 1 saturated heterocycles. The number of nitrogens with two attached hydrogens (primary N) is 1. The van der Waals surface area contributed by atoms with E-state index >= 15 is 0 Å². The molecule has 0 unspecified atom stereocenters. The number of benzene rings is 1. The number of ether oxygens (including phenoxy) is 1. The van der Waals surface area contributed by atoms with E-state index in [2.05, 4.69) is 20.5 Å². The van der Waals surface area contributed by atoms with Gasteiger partial charge in [0.05, 0.1) is 5.41 Å². The number of H-pyrrole nitrogens is 1. The van der Waals surface area contributed by atoms with Gasteiger partial charge in [0, 0.05) is 31.0 Å². The fraction of sp³-hybridized carbons (Fsp3) is 0.400. The van der Waals surface area contributed by atoms with Crippen molar-refractivity contribution in [2.75, 3.05) is 25.1 Å². The van der Waals surface area contributed by atoms with Crippen LogP contribution in [0.2, 0.25) is 0 Å². The van der Waals surface area contributed by atoms with E-state index in [0.717, 1.165) is 11.3 Å².